The van der Waals surface area contributed by atoms with Gasteiger partial charge in [-0.15, -0.1) is 0 Å². The standard InChI is InChI=1S/C27H34FN5O3S2/c1-31(22-5-3-2-4-6-22)38(35,36)23-10-7-20(8-11-23)26(34)29-13-14-32-15-17-33(18-16-32)27-30-24-12-9-21(28)19-25(24)37-27/h7-12,19,22H,2-6,13-18H2,1H3,(H,29,34). The zero-order valence-electron chi connectivity index (χ0n) is 21.6. The Bertz CT molecular complexity index is 1370. The smallest absolute Gasteiger partial charge is 0.251 e. The number of halogens is 1. The van der Waals surface area contributed by atoms with E-state index in [4.69, 9.17) is 0 Å². The fourth-order valence-corrected chi connectivity index (χ4v) is 7.66. The molecule has 1 aromatic heterocycles. The molecule has 0 unspecified atom stereocenters. The third-order valence-electron chi connectivity index (χ3n) is 7.58. The quantitative estimate of drug-likeness (QED) is 0.450. The van der Waals surface area contributed by atoms with Crippen LogP contribution in [0.1, 0.15) is 42.5 Å². The first kappa shape index (κ1) is 27.0. The Labute approximate surface area is 227 Å². The van der Waals surface area contributed by atoms with Gasteiger partial charge in [0, 0.05) is 57.9 Å². The van der Waals surface area contributed by atoms with Crippen LogP contribution >= 0.6 is 11.3 Å². The van der Waals surface area contributed by atoms with Crippen molar-refractivity contribution in [2.24, 2.45) is 0 Å². The van der Waals surface area contributed by atoms with Crippen molar-refractivity contribution in [3.05, 3.63) is 53.8 Å². The number of carbonyl (C=O) groups excluding carboxylic acids is 1. The molecule has 38 heavy (non-hydrogen) atoms. The number of benzene rings is 2. The first-order valence-electron chi connectivity index (χ1n) is 13.2. The number of carbonyl (C=O) groups is 1. The maximum atomic E-state index is 13.5. The number of rotatable bonds is 8. The second kappa shape index (κ2) is 11.6. The molecule has 0 bridgehead atoms. The molecule has 8 nitrogen and oxygen atoms in total. The van der Waals surface area contributed by atoms with Crippen LogP contribution in [0.2, 0.25) is 0 Å². The summed E-state index contributed by atoms with van der Waals surface area (Å²) < 4.78 is 41.9. The highest BCUT2D eigenvalue weighted by molar-refractivity contribution is 7.89. The van der Waals surface area contributed by atoms with Crippen LogP contribution in [0.5, 0.6) is 0 Å². The third kappa shape index (κ3) is 6.01. The van der Waals surface area contributed by atoms with Crippen LogP contribution in [-0.4, -0.2) is 80.9 Å². The minimum absolute atomic E-state index is 0.0457. The molecule has 1 aliphatic carbocycles. The fourth-order valence-electron chi connectivity index (χ4n) is 5.20. The van der Waals surface area contributed by atoms with Crippen LogP contribution in [0.25, 0.3) is 10.2 Å². The first-order chi connectivity index (χ1) is 18.3. The van der Waals surface area contributed by atoms with Crippen LogP contribution in [0.3, 0.4) is 0 Å². The monoisotopic (exact) mass is 559 g/mol. The van der Waals surface area contributed by atoms with Crippen molar-refractivity contribution in [3.8, 4) is 0 Å². The first-order valence-corrected chi connectivity index (χ1v) is 15.5. The Hall–Kier alpha value is -2.60. The lowest BCUT2D eigenvalue weighted by Crippen LogP contribution is -2.48. The molecule has 1 saturated carbocycles. The van der Waals surface area contributed by atoms with Gasteiger partial charge in [0.1, 0.15) is 5.82 Å². The van der Waals surface area contributed by atoms with Gasteiger partial charge >= 0.3 is 0 Å². The molecular weight excluding hydrogens is 525 g/mol. The van der Waals surface area contributed by atoms with E-state index in [2.05, 4.69) is 20.1 Å². The topological polar surface area (TPSA) is 85.8 Å². The summed E-state index contributed by atoms with van der Waals surface area (Å²) in [5.41, 5.74) is 1.26. The van der Waals surface area contributed by atoms with Crippen molar-refractivity contribution >= 4 is 42.6 Å². The molecule has 2 aromatic carbocycles. The highest BCUT2D eigenvalue weighted by atomic mass is 32.2. The number of fused-ring (bicyclic) bond motifs is 1. The second-order valence-corrected chi connectivity index (χ2v) is 13.0. The average molecular weight is 560 g/mol. The minimum Gasteiger partial charge on any atom is -0.351 e. The van der Waals surface area contributed by atoms with Gasteiger partial charge in [0.2, 0.25) is 10.0 Å². The molecule has 2 fully saturated rings. The van der Waals surface area contributed by atoms with Gasteiger partial charge in [0.15, 0.2) is 5.13 Å². The number of aromatic nitrogens is 1. The van der Waals surface area contributed by atoms with Gasteiger partial charge < -0.3 is 10.2 Å². The molecule has 2 heterocycles. The summed E-state index contributed by atoms with van der Waals surface area (Å²) in [5, 5.41) is 3.86. The number of anilines is 1. The van der Waals surface area contributed by atoms with E-state index in [0.717, 1.165) is 80.2 Å². The lowest BCUT2D eigenvalue weighted by molar-refractivity contribution is 0.0947. The summed E-state index contributed by atoms with van der Waals surface area (Å²) >= 11 is 1.51. The number of sulfonamides is 1. The van der Waals surface area contributed by atoms with Crippen molar-refractivity contribution in [2.45, 2.75) is 43.0 Å². The molecule has 2 aliphatic rings. The van der Waals surface area contributed by atoms with Crippen LogP contribution in [-0.2, 0) is 10.0 Å². The normalized spacial score (nSPS) is 17.8. The Morgan fingerprint density at radius 3 is 2.50 bits per heavy atom. The highest BCUT2D eigenvalue weighted by Crippen LogP contribution is 2.30. The molecule has 5 rings (SSSR count). The van der Waals surface area contributed by atoms with Crippen LogP contribution in [0, 0.1) is 5.82 Å². The van der Waals surface area contributed by atoms with Gasteiger partial charge in [-0.25, -0.2) is 17.8 Å². The molecule has 0 atom stereocenters. The molecule has 204 valence electrons. The highest BCUT2D eigenvalue weighted by Gasteiger charge is 2.29. The van der Waals surface area contributed by atoms with Gasteiger partial charge in [-0.1, -0.05) is 30.6 Å². The molecule has 3 aromatic rings. The molecule has 1 saturated heterocycles. The summed E-state index contributed by atoms with van der Waals surface area (Å²) in [6, 6.07) is 10.9. The van der Waals surface area contributed by atoms with Crippen molar-refractivity contribution in [2.75, 3.05) is 51.2 Å². The number of nitrogens with one attached hydrogen (secondary N) is 1. The number of hydrogen-bond donors (Lipinski definition) is 1. The van der Waals surface area contributed by atoms with E-state index in [9.17, 15) is 17.6 Å². The summed E-state index contributed by atoms with van der Waals surface area (Å²) in [5.74, 6) is -0.460. The van der Waals surface area contributed by atoms with Crippen LogP contribution in [0.4, 0.5) is 9.52 Å². The summed E-state index contributed by atoms with van der Waals surface area (Å²) in [6.07, 6.45) is 5.08. The Balaban J connectivity index is 1.08. The average Bonchev–Trinajstić information content (AvgIpc) is 3.36. The Morgan fingerprint density at radius 2 is 1.79 bits per heavy atom. The van der Waals surface area contributed by atoms with E-state index in [1.165, 1.54) is 39.9 Å². The van der Waals surface area contributed by atoms with E-state index in [1.807, 2.05) is 0 Å². The number of hydrogen-bond acceptors (Lipinski definition) is 7. The van der Waals surface area contributed by atoms with E-state index in [-0.39, 0.29) is 22.7 Å². The van der Waals surface area contributed by atoms with Crippen molar-refractivity contribution in [1.82, 2.24) is 19.5 Å². The van der Waals surface area contributed by atoms with E-state index in [0.29, 0.717) is 12.1 Å². The van der Waals surface area contributed by atoms with Crippen molar-refractivity contribution in [1.29, 1.82) is 0 Å². The Kier molecular flexibility index (Phi) is 8.27. The van der Waals surface area contributed by atoms with Crippen molar-refractivity contribution < 1.29 is 17.6 Å². The number of amides is 1. The Morgan fingerprint density at radius 1 is 1.08 bits per heavy atom. The zero-order valence-corrected chi connectivity index (χ0v) is 23.2. The molecule has 0 radical (unpaired) electrons. The largest absolute Gasteiger partial charge is 0.351 e. The maximum Gasteiger partial charge on any atom is 0.251 e. The molecule has 0 spiro atoms. The van der Waals surface area contributed by atoms with E-state index >= 15 is 0 Å². The second-order valence-electron chi connectivity index (χ2n) is 10.0. The van der Waals surface area contributed by atoms with Crippen molar-refractivity contribution in [3.63, 3.8) is 0 Å². The van der Waals surface area contributed by atoms with E-state index < -0.39 is 10.0 Å². The summed E-state index contributed by atoms with van der Waals surface area (Å²) in [7, 11) is -1.92. The summed E-state index contributed by atoms with van der Waals surface area (Å²) in [4.78, 5) is 22.0. The lowest BCUT2D eigenvalue weighted by atomic mass is 9.96. The van der Waals surface area contributed by atoms with Gasteiger partial charge in [0.25, 0.3) is 5.91 Å². The molecular formula is C27H34FN5O3S2. The number of nitrogens with zero attached hydrogens (tertiary/aromatic N) is 4. The molecule has 1 N–H and O–H groups in total. The fraction of sp³-hybridized carbons (Fsp3) is 0.481. The van der Waals surface area contributed by atoms with E-state index in [1.54, 1.807) is 25.2 Å². The minimum atomic E-state index is -3.58. The zero-order chi connectivity index (χ0) is 26.7. The van der Waals surface area contributed by atoms with Crippen LogP contribution in [0.15, 0.2) is 47.4 Å². The predicted molar refractivity (Wildman–Crippen MR) is 149 cm³/mol. The van der Waals surface area contributed by atoms with Gasteiger partial charge in [0.05, 0.1) is 15.1 Å². The predicted octanol–water partition coefficient (Wildman–Crippen LogP) is 3.94. The van der Waals surface area contributed by atoms with Crippen LogP contribution < -0.4 is 10.2 Å². The SMILES string of the molecule is CN(C1CCCCC1)S(=O)(=O)c1ccc(C(=O)NCCN2CCN(c3nc4ccc(F)cc4s3)CC2)cc1. The van der Waals surface area contributed by atoms with Gasteiger partial charge in [-0.3, -0.25) is 9.69 Å². The molecule has 1 amide bonds. The lowest BCUT2D eigenvalue weighted by Gasteiger charge is -2.34. The van der Waals surface area contributed by atoms with Gasteiger partial charge in [-0.2, -0.15) is 4.31 Å². The summed E-state index contributed by atoms with van der Waals surface area (Å²) in [6.45, 7) is 4.57. The molecule has 11 heteroatoms. The third-order valence-corrected chi connectivity index (χ3v) is 10.6. The van der Waals surface area contributed by atoms with Gasteiger partial charge in [-0.05, 0) is 55.3 Å². The molecule has 1 aliphatic heterocycles. The number of thiazole rings is 1. The maximum absolute atomic E-state index is 13.5. The number of piperazine rings is 1.